The monoisotopic (exact) mass is 235 g/mol. The fraction of sp³-hybridized carbons (Fsp3) is 0.500. The Morgan fingerprint density at radius 2 is 2.24 bits per heavy atom. The molecule has 0 spiro atoms. The van der Waals surface area contributed by atoms with Gasteiger partial charge in [-0.25, -0.2) is 0 Å². The second-order valence-electron chi connectivity index (χ2n) is 4.64. The number of nitrogens with zero attached hydrogens (tertiary/aromatic N) is 1. The van der Waals surface area contributed by atoms with Gasteiger partial charge < -0.3 is 14.4 Å². The van der Waals surface area contributed by atoms with E-state index in [1.807, 2.05) is 0 Å². The Balaban J connectivity index is 1.97. The molecule has 5 nitrogen and oxygen atoms in total. The van der Waals surface area contributed by atoms with Crippen LogP contribution in [0.15, 0.2) is 22.8 Å². The maximum absolute atomic E-state index is 11.9. The van der Waals surface area contributed by atoms with Gasteiger partial charge in [-0.3, -0.25) is 9.59 Å². The van der Waals surface area contributed by atoms with Crippen LogP contribution in [-0.4, -0.2) is 27.9 Å². The third kappa shape index (κ3) is 1.62. The lowest BCUT2D eigenvalue weighted by molar-refractivity contribution is -0.143. The van der Waals surface area contributed by atoms with Crippen LogP contribution in [0.1, 0.15) is 31.1 Å². The first-order valence-electron chi connectivity index (χ1n) is 5.76. The molecule has 1 saturated carbocycles. The third-order valence-electron chi connectivity index (χ3n) is 3.46. The molecule has 2 unspecified atom stereocenters. The smallest absolute Gasteiger partial charge is 0.309 e. The molecule has 2 aliphatic rings. The van der Waals surface area contributed by atoms with E-state index in [4.69, 9.17) is 4.42 Å². The Labute approximate surface area is 98.0 Å². The van der Waals surface area contributed by atoms with Gasteiger partial charge >= 0.3 is 5.97 Å². The number of carbonyl (C=O) groups is 2. The van der Waals surface area contributed by atoms with Gasteiger partial charge in [0.15, 0.2) is 0 Å². The molecule has 0 aromatic carbocycles. The molecule has 1 saturated heterocycles. The van der Waals surface area contributed by atoms with Crippen molar-refractivity contribution < 1.29 is 19.1 Å². The van der Waals surface area contributed by atoms with E-state index in [0.29, 0.717) is 5.76 Å². The molecular weight excluding hydrogens is 222 g/mol. The van der Waals surface area contributed by atoms with E-state index in [-0.39, 0.29) is 18.4 Å². The van der Waals surface area contributed by atoms with Gasteiger partial charge in [0.25, 0.3) is 0 Å². The molecule has 2 atom stereocenters. The lowest BCUT2D eigenvalue weighted by Crippen LogP contribution is -2.32. The second-order valence-corrected chi connectivity index (χ2v) is 4.64. The average molecular weight is 235 g/mol. The van der Waals surface area contributed by atoms with Gasteiger partial charge in [-0.2, -0.15) is 0 Å². The van der Waals surface area contributed by atoms with Gasteiger partial charge in [-0.05, 0) is 25.0 Å². The van der Waals surface area contributed by atoms with Gasteiger partial charge in [0.1, 0.15) is 11.8 Å². The lowest BCUT2D eigenvalue weighted by atomic mass is 9.98. The molecule has 2 fully saturated rings. The van der Waals surface area contributed by atoms with Crippen LogP contribution >= 0.6 is 0 Å². The third-order valence-corrected chi connectivity index (χ3v) is 3.46. The van der Waals surface area contributed by atoms with Crippen molar-refractivity contribution in [3.8, 4) is 0 Å². The zero-order valence-electron chi connectivity index (χ0n) is 9.20. The summed E-state index contributed by atoms with van der Waals surface area (Å²) in [5.74, 6) is -1.10. The minimum atomic E-state index is -0.928. The number of carbonyl (C=O) groups excluding carboxylic acids is 1. The Hall–Kier alpha value is -1.78. The molecule has 90 valence electrons. The van der Waals surface area contributed by atoms with Crippen LogP contribution in [-0.2, 0) is 9.59 Å². The second kappa shape index (κ2) is 3.61. The number of hydrogen-bond donors (Lipinski definition) is 1. The van der Waals surface area contributed by atoms with Crippen LogP contribution in [0.25, 0.3) is 0 Å². The topological polar surface area (TPSA) is 70.8 Å². The first-order chi connectivity index (χ1) is 8.18. The normalized spacial score (nSPS) is 28.7. The van der Waals surface area contributed by atoms with Crippen LogP contribution in [0.4, 0.5) is 0 Å². The maximum atomic E-state index is 11.9. The molecule has 5 heteroatoms. The summed E-state index contributed by atoms with van der Waals surface area (Å²) in [5, 5.41) is 9.20. The first kappa shape index (κ1) is 10.4. The molecule has 1 aromatic heterocycles. The molecule has 1 aliphatic carbocycles. The number of amides is 1. The minimum Gasteiger partial charge on any atom is -0.481 e. The van der Waals surface area contributed by atoms with Crippen molar-refractivity contribution in [3.63, 3.8) is 0 Å². The number of rotatable bonds is 3. The summed E-state index contributed by atoms with van der Waals surface area (Å²) in [5.41, 5.74) is 0. The average Bonchev–Trinajstić information content (AvgIpc) is 2.86. The Morgan fingerprint density at radius 3 is 2.76 bits per heavy atom. The Kier molecular flexibility index (Phi) is 2.21. The highest BCUT2D eigenvalue weighted by molar-refractivity contribution is 5.87. The van der Waals surface area contributed by atoms with E-state index in [2.05, 4.69) is 0 Å². The van der Waals surface area contributed by atoms with Crippen LogP contribution in [0.5, 0.6) is 0 Å². The number of furan rings is 1. The molecular formula is C12H13NO4. The van der Waals surface area contributed by atoms with Crippen molar-refractivity contribution in [1.29, 1.82) is 0 Å². The zero-order chi connectivity index (χ0) is 12.0. The van der Waals surface area contributed by atoms with Gasteiger partial charge in [0, 0.05) is 12.5 Å². The number of likely N-dealkylation sites (tertiary alicyclic amines) is 1. The van der Waals surface area contributed by atoms with Gasteiger partial charge in [0.05, 0.1) is 12.2 Å². The maximum Gasteiger partial charge on any atom is 0.309 e. The van der Waals surface area contributed by atoms with Gasteiger partial charge in [-0.15, -0.1) is 0 Å². The molecule has 1 aliphatic heterocycles. The summed E-state index contributed by atoms with van der Waals surface area (Å²) < 4.78 is 5.30. The molecule has 1 N–H and O–H groups in total. The fourth-order valence-electron chi connectivity index (χ4n) is 2.55. The van der Waals surface area contributed by atoms with E-state index < -0.39 is 17.9 Å². The number of carboxylic acid groups (broad SMARTS) is 1. The molecule has 3 rings (SSSR count). The fourth-order valence-corrected chi connectivity index (χ4v) is 2.55. The highest BCUT2D eigenvalue weighted by atomic mass is 16.4. The molecule has 1 amide bonds. The van der Waals surface area contributed by atoms with Gasteiger partial charge in [-0.1, -0.05) is 0 Å². The summed E-state index contributed by atoms with van der Waals surface area (Å²) in [6.07, 6.45) is 3.53. The summed E-state index contributed by atoms with van der Waals surface area (Å²) in [4.78, 5) is 24.8. The zero-order valence-corrected chi connectivity index (χ0v) is 9.20. The molecule has 17 heavy (non-hydrogen) atoms. The molecule has 0 radical (unpaired) electrons. The quantitative estimate of drug-likeness (QED) is 0.860. The molecule has 1 aromatic rings. The predicted octanol–water partition coefficient (Wildman–Crippen LogP) is 1.42. The van der Waals surface area contributed by atoms with Crippen molar-refractivity contribution in [2.24, 2.45) is 5.92 Å². The standard InChI is InChI=1S/C12H13NO4/c14-10-6-8(12(15)16)11(9-2-1-5-17-9)13(10)7-3-4-7/h1-2,5,7-8,11H,3-4,6H2,(H,15,16). The highest BCUT2D eigenvalue weighted by Gasteiger charge is 2.51. The van der Waals surface area contributed by atoms with Crippen LogP contribution in [0, 0.1) is 5.92 Å². The van der Waals surface area contributed by atoms with Crippen molar-refractivity contribution >= 4 is 11.9 Å². The summed E-state index contributed by atoms with van der Waals surface area (Å²) in [6.45, 7) is 0. The predicted molar refractivity (Wildman–Crippen MR) is 57.1 cm³/mol. The SMILES string of the molecule is O=C(O)C1CC(=O)N(C2CC2)C1c1ccco1. The van der Waals surface area contributed by atoms with Crippen molar-refractivity contribution in [3.05, 3.63) is 24.2 Å². The van der Waals surface area contributed by atoms with E-state index in [0.717, 1.165) is 12.8 Å². The highest BCUT2D eigenvalue weighted by Crippen LogP contribution is 2.44. The van der Waals surface area contributed by atoms with Crippen LogP contribution in [0.3, 0.4) is 0 Å². The number of carboxylic acids is 1. The number of hydrogen-bond acceptors (Lipinski definition) is 3. The van der Waals surface area contributed by atoms with E-state index in [1.54, 1.807) is 17.0 Å². The van der Waals surface area contributed by atoms with Crippen molar-refractivity contribution in [1.82, 2.24) is 4.90 Å². The first-order valence-corrected chi connectivity index (χ1v) is 5.76. The van der Waals surface area contributed by atoms with Gasteiger partial charge in [0.2, 0.25) is 5.91 Å². The van der Waals surface area contributed by atoms with E-state index in [1.165, 1.54) is 6.26 Å². The van der Waals surface area contributed by atoms with Crippen molar-refractivity contribution in [2.75, 3.05) is 0 Å². The van der Waals surface area contributed by atoms with E-state index in [9.17, 15) is 14.7 Å². The largest absolute Gasteiger partial charge is 0.481 e. The summed E-state index contributed by atoms with van der Waals surface area (Å²) in [6, 6.07) is 3.25. The molecule has 2 heterocycles. The van der Waals surface area contributed by atoms with Crippen molar-refractivity contribution in [2.45, 2.75) is 31.3 Å². The Morgan fingerprint density at radius 1 is 1.47 bits per heavy atom. The lowest BCUT2D eigenvalue weighted by Gasteiger charge is -2.24. The molecule has 0 bridgehead atoms. The summed E-state index contributed by atoms with van der Waals surface area (Å²) >= 11 is 0. The Bertz CT molecular complexity index is 449. The van der Waals surface area contributed by atoms with Crippen LogP contribution in [0.2, 0.25) is 0 Å². The number of aliphatic carboxylic acids is 1. The minimum absolute atomic E-state index is 0.0682. The summed E-state index contributed by atoms with van der Waals surface area (Å²) in [7, 11) is 0. The van der Waals surface area contributed by atoms with Crippen LogP contribution < -0.4 is 0 Å². The van der Waals surface area contributed by atoms with E-state index >= 15 is 0 Å².